The van der Waals surface area contributed by atoms with Crippen LogP contribution >= 0.6 is 0 Å². The molecule has 1 N–H and O–H groups in total. The molecule has 0 aliphatic heterocycles. The van der Waals surface area contributed by atoms with Gasteiger partial charge in [0.05, 0.1) is 23.7 Å². The standard InChI is InChI=1S/C15H21N5O3S/c1-23-10-14(11-3-4-11)16-9-15-17-18-19-20(15)12-5-7-13(8-6-12)24(2,21)22/h5-8,11,14,16H,3-4,9-10H2,1-2H3. The van der Waals surface area contributed by atoms with Crippen LogP contribution in [0.5, 0.6) is 0 Å². The van der Waals surface area contributed by atoms with Gasteiger partial charge in [0.15, 0.2) is 15.7 Å². The summed E-state index contributed by atoms with van der Waals surface area (Å²) in [5.41, 5.74) is 0.721. The molecule has 0 radical (unpaired) electrons. The van der Waals surface area contributed by atoms with Crippen molar-refractivity contribution in [2.75, 3.05) is 20.0 Å². The Labute approximate surface area is 141 Å². The lowest BCUT2D eigenvalue weighted by Crippen LogP contribution is -2.35. The number of hydrogen-bond acceptors (Lipinski definition) is 7. The molecule has 1 aliphatic carbocycles. The molecule has 24 heavy (non-hydrogen) atoms. The molecule has 9 heteroatoms. The van der Waals surface area contributed by atoms with Gasteiger partial charge >= 0.3 is 0 Å². The molecular formula is C15H21N5O3S. The highest BCUT2D eigenvalue weighted by Gasteiger charge is 2.31. The van der Waals surface area contributed by atoms with Crippen LogP contribution in [0.15, 0.2) is 29.2 Å². The third-order valence-corrected chi connectivity index (χ3v) is 5.23. The van der Waals surface area contributed by atoms with E-state index in [0.29, 0.717) is 30.9 Å². The van der Waals surface area contributed by atoms with E-state index in [2.05, 4.69) is 20.8 Å². The van der Waals surface area contributed by atoms with Crippen molar-refractivity contribution < 1.29 is 13.2 Å². The number of ether oxygens (including phenoxy) is 1. The number of nitrogens with one attached hydrogen (secondary N) is 1. The van der Waals surface area contributed by atoms with Gasteiger partial charge in [-0.05, 0) is 53.5 Å². The molecule has 1 fully saturated rings. The molecule has 8 nitrogen and oxygen atoms in total. The number of rotatable bonds is 8. The van der Waals surface area contributed by atoms with Crippen LogP contribution in [0.1, 0.15) is 18.7 Å². The average molecular weight is 351 g/mol. The largest absolute Gasteiger partial charge is 0.383 e. The zero-order valence-corrected chi connectivity index (χ0v) is 14.5. The van der Waals surface area contributed by atoms with Crippen molar-refractivity contribution in [3.63, 3.8) is 0 Å². The molecule has 0 spiro atoms. The highest BCUT2D eigenvalue weighted by molar-refractivity contribution is 7.90. The maximum absolute atomic E-state index is 11.5. The van der Waals surface area contributed by atoms with E-state index in [0.717, 1.165) is 5.69 Å². The van der Waals surface area contributed by atoms with E-state index in [1.807, 2.05) is 0 Å². The van der Waals surface area contributed by atoms with Gasteiger partial charge in [0.1, 0.15) is 0 Å². The Kier molecular flexibility index (Phi) is 4.93. The molecule has 1 unspecified atom stereocenters. The smallest absolute Gasteiger partial charge is 0.175 e. The van der Waals surface area contributed by atoms with Crippen molar-refractivity contribution in [3.8, 4) is 5.69 Å². The molecule has 0 bridgehead atoms. The van der Waals surface area contributed by atoms with E-state index >= 15 is 0 Å². The van der Waals surface area contributed by atoms with Gasteiger partial charge in [-0.25, -0.2) is 8.42 Å². The number of hydrogen-bond donors (Lipinski definition) is 1. The Bertz CT molecular complexity index is 784. The van der Waals surface area contributed by atoms with Gasteiger partial charge < -0.3 is 10.1 Å². The van der Waals surface area contributed by atoms with E-state index in [-0.39, 0.29) is 4.90 Å². The number of sulfone groups is 1. The van der Waals surface area contributed by atoms with Crippen LogP contribution in [0.25, 0.3) is 5.69 Å². The molecule has 1 aliphatic rings. The van der Waals surface area contributed by atoms with Gasteiger partial charge in [-0.2, -0.15) is 4.68 Å². The highest BCUT2D eigenvalue weighted by Crippen LogP contribution is 2.32. The predicted molar refractivity (Wildman–Crippen MR) is 87.5 cm³/mol. The van der Waals surface area contributed by atoms with Crippen molar-refractivity contribution >= 4 is 9.84 Å². The van der Waals surface area contributed by atoms with Gasteiger partial charge in [0.25, 0.3) is 0 Å². The minimum atomic E-state index is -3.22. The molecule has 3 rings (SSSR count). The quantitative estimate of drug-likeness (QED) is 0.743. The summed E-state index contributed by atoms with van der Waals surface area (Å²) in [6.45, 7) is 1.18. The maximum Gasteiger partial charge on any atom is 0.175 e. The molecule has 1 aromatic heterocycles. The first kappa shape index (κ1) is 17.0. The fourth-order valence-corrected chi connectivity index (χ4v) is 3.24. The Morgan fingerprint density at radius 1 is 1.33 bits per heavy atom. The first-order valence-electron chi connectivity index (χ1n) is 7.79. The monoisotopic (exact) mass is 351 g/mol. The molecule has 1 saturated carbocycles. The third kappa shape index (κ3) is 3.97. The van der Waals surface area contributed by atoms with E-state index in [4.69, 9.17) is 4.74 Å². The van der Waals surface area contributed by atoms with Gasteiger partial charge in [0.2, 0.25) is 0 Å². The SMILES string of the molecule is COCC(NCc1nnnn1-c1ccc(S(C)(=O)=O)cc1)C1CC1. The van der Waals surface area contributed by atoms with E-state index < -0.39 is 9.84 Å². The molecule has 1 atom stereocenters. The van der Waals surface area contributed by atoms with Gasteiger partial charge in [-0.1, -0.05) is 0 Å². The minimum absolute atomic E-state index is 0.271. The van der Waals surface area contributed by atoms with Crippen LogP contribution < -0.4 is 5.32 Å². The van der Waals surface area contributed by atoms with Gasteiger partial charge in [-0.15, -0.1) is 5.10 Å². The Balaban J connectivity index is 1.72. The van der Waals surface area contributed by atoms with Crippen molar-refractivity contribution in [2.45, 2.75) is 30.3 Å². The second-order valence-electron chi connectivity index (χ2n) is 6.05. The number of nitrogens with zero attached hydrogens (tertiary/aromatic N) is 4. The summed E-state index contributed by atoms with van der Waals surface area (Å²) in [5, 5.41) is 15.2. The normalized spacial score (nSPS) is 16.2. The third-order valence-electron chi connectivity index (χ3n) is 4.10. The van der Waals surface area contributed by atoms with Crippen LogP contribution in [0.4, 0.5) is 0 Å². The maximum atomic E-state index is 11.5. The molecular weight excluding hydrogens is 330 g/mol. The molecule has 0 amide bonds. The number of aromatic nitrogens is 4. The first-order chi connectivity index (χ1) is 11.5. The topological polar surface area (TPSA) is 99.0 Å². The lowest BCUT2D eigenvalue weighted by atomic mass is 10.2. The Morgan fingerprint density at radius 2 is 2.04 bits per heavy atom. The molecule has 1 aromatic carbocycles. The minimum Gasteiger partial charge on any atom is -0.383 e. The fraction of sp³-hybridized carbons (Fsp3) is 0.533. The molecule has 130 valence electrons. The molecule has 2 aromatic rings. The van der Waals surface area contributed by atoms with Crippen LogP contribution in [-0.4, -0.2) is 54.6 Å². The Hall–Kier alpha value is -1.84. The van der Waals surface area contributed by atoms with Crippen molar-refractivity contribution in [2.24, 2.45) is 5.92 Å². The lowest BCUT2D eigenvalue weighted by Gasteiger charge is -2.16. The number of tetrazole rings is 1. The lowest BCUT2D eigenvalue weighted by molar-refractivity contribution is 0.156. The van der Waals surface area contributed by atoms with Crippen molar-refractivity contribution in [1.82, 2.24) is 25.5 Å². The fourth-order valence-electron chi connectivity index (χ4n) is 2.61. The van der Waals surface area contributed by atoms with Gasteiger partial charge in [-0.3, -0.25) is 0 Å². The number of methoxy groups -OCH3 is 1. The summed E-state index contributed by atoms with van der Waals surface area (Å²) >= 11 is 0. The summed E-state index contributed by atoms with van der Waals surface area (Å²) in [7, 11) is -1.52. The first-order valence-corrected chi connectivity index (χ1v) is 9.68. The van der Waals surface area contributed by atoms with E-state index in [9.17, 15) is 8.42 Å². The summed E-state index contributed by atoms with van der Waals surface area (Å²) in [6, 6.07) is 6.81. The second-order valence-corrected chi connectivity index (χ2v) is 8.07. The van der Waals surface area contributed by atoms with Crippen LogP contribution in [-0.2, 0) is 21.1 Å². The summed E-state index contributed by atoms with van der Waals surface area (Å²) in [4.78, 5) is 0.271. The number of benzene rings is 1. The highest BCUT2D eigenvalue weighted by atomic mass is 32.2. The predicted octanol–water partition coefficient (Wildman–Crippen LogP) is 0.580. The van der Waals surface area contributed by atoms with E-state index in [1.165, 1.54) is 19.1 Å². The van der Waals surface area contributed by atoms with Crippen LogP contribution in [0, 0.1) is 5.92 Å². The van der Waals surface area contributed by atoms with E-state index in [1.54, 1.807) is 36.1 Å². The summed E-state index contributed by atoms with van der Waals surface area (Å²) < 4.78 is 29.9. The summed E-state index contributed by atoms with van der Waals surface area (Å²) in [6.07, 6.45) is 3.63. The van der Waals surface area contributed by atoms with Crippen LogP contribution in [0.2, 0.25) is 0 Å². The van der Waals surface area contributed by atoms with Crippen LogP contribution in [0.3, 0.4) is 0 Å². The second kappa shape index (κ2) is 6.96. The average Bonchev–Trinajstić information content (AvgIpc) is 3.29. The molecule has 1 heterocycles. The van der Waals surface area contributed by atoms with Crippen molar-refractivity contribution in [3.05, 3.63) is 30.1 Å². The summed E-state index contributed by atoms with van der Waals surface area (Å²) in [5.74, 6) is 1.33. The van der Waals surface area contributed by atoms with Gasteiger partial charge in [0, 0.05) is 19.4 Å². The Morgan fingerprint density at radius 3 is 2.62 bits per heavy atom. The zero-order valence-electron chi connectivity index (χ0n) is 13.7. The zero-order chi connectivity index (χ0) is 17.2. The van der Waals surface area contributed by atoms with Crippen molar-refractivity contribution in [1.29, 1.82) is 0 Å². The molecule has 0 saturated heterocycles.